The maximum Gasteiger partial charge on any atom is 0.466 e. The Hall–Kier alpha value is -1.70. The minimum absolute atomic E-state index is 0.0978. The molecule has 0 spiro atoms. The van der Waals surface area contributed by atoms with E-state index in [9.17, 15) is 10.1 Å². The van der Waals surface area contributed by atoms with Crippen LogP contribution in [0.15, 0.2) is 24.4 Å². The van der Waals surface area contributed by atoms with Crippen LogP contribution in [0.1, 0.15) is 33.6 Å². The van der Waals surface area contributed by atoms with Gasteiger partial charge in [0.05, 0.1) is 10.4 Å². The van der Waals surface area contributed by atoms with Crippen molar-refractivity contribution in [2.45, 2.75) is 39.7 Å². The molecule has 0 saturated heterocycles. The lowest BCUT2D eigenvalue weighted by molar-refractivity contribution is -0.384. The molecule has 200 valence electrons. The van der Waals surface area contributed by atoms with Gasteiger partial charge >= 0.3 is 15.6 Å². The zero-order chi connectivity index (χ0) is 27.4. The molecule has 0 aliphatic carbocycles. The van der Waals surface area contributed by atoms with Crippen molar-refractivity contribution in [1.29, 1.82) is 0 Å². The minimum atomic E-state index is -4.64. The summed E-state index contributed by atoms with van der Waals surface area (Å²) in [7, 11) is -9.28. The number of aromatic nitrogens is 1. The van der Waals surface area contributed by atoms with Crippen molar-refractivity contribution in [1.82, 2.24) is 9.88 Å². The van der Waals surface area contributed by atoms with Crippen LogP contribution in [0.25, 0.3) is 10.9 Å². The standard InChI is InChI=1S/C18H25ClN4O2.2H3O4P/c1-4-22(5-2)10-6-7-13(3)21-16-8-9-20-17-12-15(19)18(23(24)25)11-14(16)17;2*1-5(2,3)4/h8-9,11-13H,4-7,10H2,1-3H3,(H,20,21);2*(H3,1,2,3,4). The summed E-state index contributed by atoms with van der Waals surface area (Å²) < 4.78 is 17.8. The molecule has 0 fully saturated rings. The number of nitro groups is 1. The van der Waals surface area contributed by atoms with E-state index in [4.69, 9.17) is 50.1 Å². The Morgan fingerprint density at radius 3 is 2.09 bits per heavy atom. The zero-order valence-electron chi connectivity index (χ0n) is 19.4. The van der Waals surface area contributed by atoms with Crippen LogP contribution in [0.5, 0.6) is 0 Å². The number of nitrogens with zero attached hydrogens (tertiary/aromatic N) is 3. The normalized spacial score (nSPS) is 12.3. The lowest BCUT2D eigenvalue weighted by atomic mass is 10.1. The molecule has 0 aliphatic rings. The van der Waals surface area contributed by atoms with Gasteiger partial charge in [-0.05, 0) is 51.5 Å². The number of nitro benzene ring substituents is 1. The predicted molar refractivity (Wildman–Crippen MR) is 132 cm³/mol. The Morgan fingerprint density at radius 2 is 1.63 bits per heavy atom. The summed E-state index contributed by atoms with van der Waals surface area (Å²) in [4.78, 5) is 60.5. The van der Waals surface area contributed by atoms with Gasteiger partial charge in [-0.2, -0.15) is 0 Å². The molecule has 1 atom stereocenters. The van der Waals surface area contributed by atoms with Crippen molar-refractivity contribution >= 4 is 49.5 Å². The third-order valence-corrected chi connectivity index (χ3v) is 4.72. The largest absolute Gasteiger partial charge is 0.466 e. The van der Waals surface area contributed by atoms with Crippen LogP contribution in [0, 0.1) is 10.1 Å². The smallest absolute Gasteiger partial charge is 0.382 e. The van der Waals surface area contributed by atoms with Crippen LogP contribution in [-0.2, 0) is 9.13 Å². The van der Waals surface area contributed by atoms with Gasteiger partial charge in [-0.3, -0.25) is 15.1 Å². The monoisotopic (exact) mass is 560 g/mol. The number of rotatable bonds is 9. The Balaban J connectivity index is 0.000000975. The van der Waals surface area contributed by atoms with Gasteiger partial charge in [-0.1, -0.05) is 25.4 Å². The summed E-state index contributed by atoms with van der Waals surface area (Å²) >= 11 is 5.98. The molecule has 0 amide bonds. The van der Waals surface area contributed by atoms with Gasteiger partial charge in [0.15, 0.2) is 0 Å². The van der Waals surface area contributed by atoms with E-state index in [1.165, 1.54) is 6.07 Å². The molecule has 0 bridgehead atoms. The second-order valence-corrected chi connectivity index (χ2v) is 9.64. The van der Waals surface area contributed by atoms with Crippen molar-refractivity contribution < 1.29 is 43.4 Å². The van der Waals surface area contributed by atoms with Gasteiger partial charge in [-0.15, -0.1) is 0 Å². The molecule has 7 N–H and O–H groups in total. The fourth-order valence-electron chi connectivity index (χ4n) is 2.92. The molecular formula is C18H31ClN4O10P2. The zero-order valence-corrected chi connectivity index (χ0v) is 21.9. The van der Waals surface area contributed by atoms with Crippen molar-refractivity contribution in [3.8, 4) is 0 Å². The first-order valence-electron chi connectivity index (χ1n) is 10.2. The summed E-state index contributed by atoms with van der Waals surface area (Å²) in [6.07, 6.45) is 3.82. The number of phosphoric acid groups is 2. The van der Waals surface area contributed by atoms with Crippen molar-refractivity contribution in [3.05, 3.63) is 39.5 Å². The lowest BCUT2D eigenvalue weighted by Crippen LogP contribution is -2.25. The molecule has 35 heavy (non-hydrogen) atoms. The summed E-state index contributed by atoms with van der Waals surface area (Å²) in [5.41, 5.74) is 1.40. The van der Waals surface area contributed by atoms with Crippen molar-refractivity contribution in [3.63, 3.8) is 0 Å². The molecule has 1 heterocycles. The van der Waals surface area contributed by atoms with Crippen molar-refractivity contribution in [2.75, 3.05) is 25.0 Å². The lowest BCUT2D eigenvalue weighted by Gasteiger charge is -2.20. The van der Waals surface area contributed by atoms with Crippen LogP contribution in [0.4, 0.5) is 11.4 Å². The van der Waals surface area contributed by atoms with E-state index in [0.717, 1.165) is 38.2 Å². The Labute approximate surface area is 207 Å². The summed E-state index contributed by atoms with van der Waals surface area (Å²) in [6.45, 7) is 9.68. The highest BCUT2D eigenvalue weighted by Gasteiger charge is 2.16. The highest BCUT2D eigenvalue weighted by molar-refractivity contribution is 7.45. The van der Waals surface area contributed by atoms with Crippen LogP contribution >= 0.6 is 27.2 Å². The highest BCUT2D eigenvalue weighted by Crippen LogP contribution is 2.32. The first-order valence-corrected chi connectivity index (χ1v) is 13.7. The molecule has 0 radical (unpaired) electrons. The summed E-state index contributed by atoms with van der Waals surface area (Å²) in [5, 5.41) is 15.4. The second-order valence-electron chi connectivity index (χ2n) is 7.18. The molecular weight excluding hydrogens is 530 g/mol. The number of anilines is 1. The number of halogens is 1. The second kappa shape index (κ2) is 15.4. The van der Waals surface area contributed by atoms with Gasteiger partial charge in [0.1, 0.15) is 5.02 Å². The van der Waals surface area contributed by atoms with Crippen molar-refractivity contribution in [2.24, 2.45) is 0 Å². The Kier molecular flexibility index (Phi) is 14.7. The van der Waals surface area contributed by atoms with E-state index in [0.29, 0.717) is 10.9 Å². The van der Waals surface area contributed by atoms with Crippen LogP contribution in [0.2, 0.25) is 5.02 Å². The molecule has 2 aromatic rings. The molecule has 0 aliphatic heterocycles. The molecule has 1 aromatic heterocycles. The molecule has 17 heteroatoms. The predicted octanol–water partition coefficient (Wildman–Crippen LogP) is 2.86. The van der Waals surface area contributed by atoms with E-state index in [2.05, 4.69) is 36.0 Å². The minimum Gasteiger partial charge on any atom is -0.382 e. The summed E-state index contributed by atoms with van der Waals surface area (Å²) in [5.74, 6) is 0. The number of hydrogen-bond donors (Lipinski definition) is 7. The molecule has 2 rings (SSSR count). The van der Waals surface area contributed by atoms with Gasteiger partial charge in [0.25, 0.3) is 5.69 Å². The maximum atomic E-state index is 11.1. The Bertz CT molecular complexity index is 1010. The Morgan fingerprint density at radius 1 is 1.11 bits per heavy atom. The average Bonchev–Trinajstić information content (AvgIpc) is 2.68. The number of pyridine rings is 1. The van der Waals surface area contributed by atoms with Gasteiger partial charge < -0.3 is 39.6 Å². The summed E-state index contributed by atoms with van der Waals surface area (Å²) in [6, 6.07) is 5.15. The third kappa shape index (κ3) is 16.6. The third-order valence-electron chi connectivity index (χ3n) is 4.41. The topological polar surface area (TPSA) is 227 Å². The number of nitrogens with one attached hydrogen (secondary N) is 1. The molecule has 1 aromatic carbocycles. The molecule has 1 unspecified atom stereocenters. The van der Waals surface area contributed by atoms with Crippen LogP contribution in [-0.4, -0.2) is 69.8 Å². The SMILES string of the molecule is CCN(CC)CCCC(C)Nc1ccnc2cc(Cl)c([N+](=O)[O-])cc12.O=P(O)(O)O.O=P(O)(O)O. The van der Waals surface area contributed by atoms with E-state index < -0.39 is 20.6 Å². The van der Waals surface area contributed by atoms with E-state index >= 15 is 0 Å². The van der Waals surface area contributed by atoms with Gasteiger partial charge in [0, 0.05) is 29.4 Å². The van der Waals surface area contributed by atoms with E-state index in [1.54, 1.807) is 12.3 Å². The number of benzene rings is 1. The van der Waals surface area contributed by atoms with E-state index in [1.807, 2.05) is 6.07 Å². The fourth-order valence-corrected chi connectivity index (χ4v) is 3.15. The highest BCUT2D eigenvalue weighted by atomic mass is 35.5. The fraction of sp³-hybridized carbons (Fsp3) is 0.500. The molecule has 14 nitrogen and oxygen atoms in total. The van der Waals surface area contributed by atoms with Gasteiger partial charge in [-0.25, -0.2) is 9.13 Å². The number of hydrogen-bond acceptors (Lipinski definition) is 7. The maximum absolute atomic E-state index is 11.1. The first kappa shape index (κ1) is 33.3. The number of fused-ring (bicyclic) bond motifs is 1. The van der Waals surface area contributed by atoms with E-state index in [-0.39, 0.29) is 16.8 Å². The van der Waals surface area contributed by atoms with Crippen LogP contribution in [0.3, 0.4) is 0 Å². The van der Waals surface area contributed by atoms with Crippen LogP contribution < -0.4 is 5.32 Å². The average molecular weight is 561 g/mol. The molecule has 0 saturated carbocycles. The quantitative estimate of drug-likeness (QED) is 0.133. The first-order chi connectivity index (χ1) is 16.0. The van der Waals surface area contributed by atoms with Gasteiger partial charge in [0.2, 0.25) is 0 Å².